The van der Waals surface area contributed by atoms with E-state index in [1.807, 2.05) is 0 Å². The first-order chi connectivity index (χ1) is 16.3. The maximum absolute atomic E-state index is 13.2. The summed E-state index contributed by atoms with van der Waals surface area (Å²) in [6.07, 6.45) is 3.18. The number of hydrogen-bond acceptors (Lipinski definition) is 7. The maximum atomic E-state index is 13.2. The highest BCUT2D eigenvalue weighted by atomic mass is 32.2. The summed E-state index contributed by atoms with van der Waals surface area (Å²) < 4.78 is 43.6. The van der Waals surface area contributed by atoms with Gasteiger partial charge in [-0.25, -0.2) is 17.9 Å². The van der Waals surface area contributed by atoms with E-state index >= 15 is 0 Å². The van der Waals surface area contributed by atoms with Crippen molar-refractivity contribution in [1.82, 2.24) is 9.62 Å². The molecule has 10 heteroatoms. The molecule has 0 bridgehead atoms. The molecule has 9 nitrogen and oxygen atoms in total. The molecule has 0 aliphatic carbocycles. The number of methoxy groups -OCH3 is 1. The summed E-state index contributed by atoms with van der Waals surface area (Å²) in [5.41, 5.74) is 0.836. The Bertz CT molecular complexity index is 1240. The molecule has 0 saturated carbocycles. The molecule has 34 heavy (non-hydrogen) atoms. The van der Waals surface area contributed by atoms with Crippen molar-refractivity contribution in [2.75, 3.05) is 20.3 Å². The van der Waals surface area contributed by atoms with Crippen LogP contribution in [0.2, 0.25) is 0 Å². The van der Waals surface area contributed by atoms with Crippen LogP contribution >= 0.6 is 0 Å². The minimum Gasteiger partial charge on any atom is -0.465 e. The van der Waals surface area contributed by atoms with Gasteiger partial charge in [-0.2, -0.15) is 0 Å². The van der Waals surface area contributed by atoms with E-state index in [-0.39, 0.29) is 34.6 Å². The lowest BCUT2D eigenvalue weighted by molar-refractivity contribution is -0.136. The number of esters is 1. The number of rotatable bonds is 8. The Labute approximate surface area is 198 Å². The van der Waals surface area contributed by atoms with Crippen LogP contribution in [0.25, 0.3) is 6.08 Å². The number of amides is 1. The number of ether oxygens (including phenoxy) is 2. The lowest BCUT2D eigenvalue weighted by atomic mass is 10.1. The highest BCUT2D eigenvalue weighted by molar-refractivity contribution is 7.89. The Morgan fingerprint density at radius 2 is 2.00 bits per heavy atom. The van der Waals surface area contributed by atoms with E-state index in [0.29, 0.717) is 30.4 Å². The summed E-state index contributed by atoms with van der Waals surface area (Å²) in [7, 11) is -2.44. The molecule has 0 spiro atoms. The predicted molar refractivity (Wildman–Crippen MR) is 123 cm³/mol. The summed E-state index contributed by atoms with van der Waals surface area (Å²) in [5.74, 6) is -0.288. The molecule has 2 aliphatic rings. The fourth-order valence-electron chi connectivity index (χ4n) is 4.00. The number of carbonyl (C=O) groups is 2. The first-order valence-corrected chi connectivity index (χ1v) is 12.4. The average molecular weight is 487 g/mol. The summed E-state index contributed by atoms with van der Waals surface area (Å²) in [4.78, 5) is 27.3. The number of carbonyl (C=O) groups excluding carboxylic acids is 2. The number of allylic oxidation sites excluding steroid dienone is 1. The Kier molecular flexibility index (Phi) is 7.01. The van der Waals surface area contributed by atoms with Crippen molar-refractivity contribution in [3.63, 3.8) is 0 Å². The zero-order valence-corrected chi connectivity index (χ0v) is 19.8. The van der Waals surface area contributed by atoms with Gasteiger partial charge in [-0.05, 0) is 50.1 Å². The van der Waals surface area contributed by atoms with Crippen LogP contribution in [-0.2, 0) is 35.6 Å². The van der Waals surface area contributed by atoms with Crippen LogP contribution in [0.3, 0.4) is 0 Å². The number of nitrogens with one attached hydrogen (secondary N) is 1. The summed E-state index contributed by atoms with van der Waals surface area (Å²) >= 11 is 0. The largest absolute Gasteiger partial charge is 0.465 e. The first-order valence-electron chi connectivity index (χ1n) is 10.9. The van der Waals surface area contributed by atoms with Crippen molar-refractivity contribution < 1.29 is 31.9 Å². The van der Waals surface area contributed by atoms with Gasteiger partial charge in [0.15, 0.2) is 0 Å². The Hall–Kier alpha value is -3.21. The second-order valence-corrected chi connectivity index (χ2v) is 9.77. The minimum atomic E-state index is -3.70. The van der Waals surface area contributed by atoms with E-state index in [9.17, 15) is 18.0 Å². The van der Waals surface area contributed by atoms with E-state index in [1.165, 1.54) is 30.2 Å². The molecule has 2 aromatic rings. The third-order valence-corrected chi connectivity index (χ3v) is 7.19. The van der Waals surface area contributed by atoms with Gasteiger partial charge in [0.2, 0.25) is 10.0 Å². The normalized spacial score (nSPS) is 19.9. The summed E-state index contributed by atoms with van der Waals surface area (Å²) in [6.45, 7) is 2.64. The van der Waals surface area contributed by atoms with Crippen LogP contribution in [-0.4, -0.2) is 51.6 Å². The van der Waals surface area contributed by atoms with Crippen molar-refractivity contribution in [3.8, 4) is 0 Å². The lowest BCUT2D eigenvalue weighted by Gasteiger charge is -2.21. The molecule has 1 aromatic carbocycles. The number of hydrogen-bond donors (Lipinski definition) is 1. The first kappa shape index (κ1) is 23.9. The van der Waals surface area contributed by atoms with E-state index in [1.54, 1.807) is 37.3 Å². The van der Waals surface area contributed by atoms with Crippen molar-refractivity contribution in [1.29, 1.82) is 0 Å². The van der Waals surface area contributed by atoms with Crippen LogP contribution in [0.5, 0.6) is 0 Å². The number of sulfonamides is 1. The molecule has 1 aromatic heterocycles. The summed E-state index contributed by atoms with van der Waals surface area (Å²) in [6, 6.07) is 11.2. The second-order valence-electron chi connectivity index (χ2n) is 8.00. The van der Waals surface area contributed by atoms with Crippen LogP contribution < -0.4 is 4.72 Å². The zero-order chi connectivity index (χ0) is 24.3. The van der Waals surface area contributed by atoms with Gasteiger partial charge in [0.05, 0.1) is 42.3 Å². The SMILES string of the molecule is COC(=O)C1=C(C)N(C[C@@H]2CCCO2)C(=O)/C1=C\c1ccc(CNS(=O)(=O)c2ccccc2)o1. The van der Waals surface area contributed by atoms with E-state index in [4.69, 9.17) is 13.9 Å². The molecule has 0 unspecified atom stereocenters. The number of nitrogens with zero attached hydrogens (tertiary/aromatic N) is 1. The highest BCUT2D eigenvalue weighted by Crippen LogP contribution is 2.33. The molecule has 180 valence electrons. The van der Waals surface area contributed by atoms with E-state index in [0.717, 1.165) is 12.8 Å². The lowest BCUT2D eigenvalue weighted by Crippen LogP contribution is -2.33. The smallest absolute Gasteiger partial charge is 0.340 e. The highest BCUT2D eigenvalue weighted by Gasteiger charge is 2.38. The van der Waals surface area contributed by atoms with Gasteiger partial charge < -0.3 is 18.8 Å². The van der Waals surface area contributed by atoms with Crippen molar-refractivity contribution in [3.05, 3.63) is 70.8 Å². The van der Waals surface area contributed by atoms with Gasteiger partial charge in [-0.15, -0.1) is 0 Å². The molecule has 1 saturated heterocycles. The fraction of sp³-hybridized carbons (Fsp3) is 0.333. The van der Waals surface area contributed by atoms with E-state index in [2.05, 4.69) is 4.72 Å². The predicted octanol–water partition coefficient (Wildman–Crippen LogP) is 2.61. The standard InChI is InChI=1S/C24H26N2O7S/c1-16-22(24(28)31-2)21(23(27)26(16)15-19-7-6-12-32-19)13-17-10-11-18(33-17)14-25-34(29,30)20-8-4-3-5-9-20/h3-5,8-11,13,19,25H,6-7,12,14-15H2,1-2H3/b21-13-/t19-/m0/s1. The van der Waals surface area contributed by atoms with Crippen LogP contribution in [0.1, 0.15) is 31.3 Å². The third-order valence-electron chi connectivity index (χ3n) is 5.77. The topological polar surface area (TPSA) is 115 Å². The maximum Gasteiger partial charge on any atom is 0.340 e. The Morgan fingerprint density at radius 3 is 2.68 bits per heavy atom. The average Bonchev–Trinajstić information content (AvgIpc) is 3.56. The third kappa shape index (κ3) is 4.98. The number of benzene rings is 1. The molecule has 1 amide bonds. The van der Waals surface area contributed by atoms with Gasteiger partial charge in [-0.3, -0.25) is 4.79 Å². The monoisotopic (exact) mass is 486 g/mol. The van der Waals surface area contributed by atoms with Gasteiger partial charge >= 0.3 is 5.97 Å². The molecule has 1 atom stereocenters. The van der Waals surface area contributed by atoms with Gasteiger partial charge in [0, 0.05) is 12.3 Å². The van der Waals surface area contributed by atoms with Crippen molar-refractivity contribution >= 4 is 28.0 Å². The van der Waals surface area contributed by atoms with Gasteiger partial charge in [-0.1, -0.05) is 18.2 Å². The Balaban J connectivity index is 1.53. The second kappa shape index (κ2) is 9.96. The molecule has 1 fully saturated rings. The molecule has 2 aliphatic heterocycles. The van der Waals surface area contributed by atoms with Crippen molar-refractivity contribution in [2.24, 2.45) is 0 Å². The van der Waals surface area contributed by atoms with Crippen molar-refractivity contribution in [2.45, 2.75) is 37.3 Å². The number of furan rings is 1. The van der Waals surface area contributed by atoms with Crippen LogP contribution in [0.15, 0.2) is 68.6 Å². The molecular weight excluding hydrogens is 460 g/mol. The van der Waals surface area contributed by atoms with Gasteiger partial charge in [0.25, 0.3) is 5.91 Å². The van der Waals surface area contributed by atoms with Gasteiger partial charge in [0.1, 0.15) is 11.5 Å². The zero-order valence-electron chi connectivity index (χ0n) is 18.9. The Morgan fingerprint density at radius 1 is 1.24 bits per heavy atom. The quantitative estimate of drug-likeness (QED) is 0.450. The molecule has 0 radical (unpaired) electrons. The minimum absolute atomic E-state index is 0.0712. The summed E-state index contributed by atoms with van der Waals surface area (Å²) in [5, 5.41) is 0. The van der Waals surface area contributed by atoms with E-state index < -0.39 is 16.0 Å². The molecule has 3 heterocycles. The van der Waals surface area contributed by atoms with Crippen LogP contribution in [0.4, 0.5) is 0 Å². The fourth-order valence-corrected chi connectivity index (χ4v) is 5.01. The molecule has 4 rings (SSSR count). The van der Waals surface area contributed by atoms with Crippen LogP contribution in [0, 0.1) is 0 Å². The molecule has 1 N–H and O–H groups in total. The molecular formula is C24H26N2O7S.